The van der Waals surface area contributed by atoms with Gasteiger partial charge in [-0.2, -0.15) is 0 Å². The summed E-state index contributed by atoms with van der Waals surface area (Å²) >= 11 is 0. The number of anilines is 2. The van der Waals surface area contributed by atoms with Crippen LogP contribution in [0.15, 0.2) is 109 Å². The van der Waals surface area contributed by atoms with E-state index in [2.05, 4.69) is 27.4 Å². The molecular formula is C27H21N3O. The van der Waals surface area contributed by atoms with Crippen LogP contribution >= 0.6 is 0 Å². The third-order valence-electron chi connectivity index (χ3n) is 5.07. The number of benzene rings is 3. The number of ether oxygens (including phenoxy) is 1. The second-order valence-electron chi connectivity index (χ2n) is 7.22. The zero-order chi connectivity index (χ0) is 20.9. The van der Waals surface area contributed by atoms with Crippen LogP contribution in [0, 0.1) is 0 Å². The number of para-hydroxylation sites is 2. The number of aromatic nitrogens is 2. The summed E-state index contributed by atoms with van der Waals surface area (Å²) in [5, 5.41) is 4.49. The predicted octanol–water partition coefficient (Wildman–Crippen LogP) is 6.62. The molecule has 3 aromatic carbocycles. The highest BCUT2D eigenvalue weighted by Crippen LogP contribution is 2.35. The third-order valence-corrected chi connectivity index (χ3v) is 5.07. The first-order valence-corrected chi connectivity index (χ1v) is 10.2. The zero-order valence-electron chi connectivity index (χ0n) is 16.9. The van der Waals surface area contributed by atoms with Gasteiger partial charge in [-0.05, 0) is 41.5 Å². The molecule has 150 valence electrons. The molecule has 2 heterocycles. The first kappa shape index (κ1) is 18.8. The first-order chi connectivity index (χ1) is 15.4. The fourth-order valence-electron chi connectivity index (χ4n) is 3.57. The Morgan fingerprint density at radius 1 is 0.677 bits per heavy atom. The molecule has 0 aliphatic rings. The summed E-state index contributed by atoms with van der Waals surface area (Å²) in [6.45, 7) is 0.454. The lowest BCUT2D eigenvalue weighted by Gasteiger charge is -2.15. The van der Waals surface area contributed by atoms with E-state index in [4.69, 9.17) is 4.74 Å². The Morgan fingerprint density at radius 2 is 1.42 bits per heavy atom. The average Bonchev–Trinajstić information content (AvgIpc) is 2.84. The van der Waals surface area contributed by atoms with Gasteiger partial charge in [0.1, 0.15) is 6.61 Å². The highest BCUT2D eigenvalue weighted by molar-refractivity contribution is 5.96. The van der Waals surface area contributed by atoms with Crippen molar-refractivity contribution in [3.05, 3.63) is 115 Å². The molecule has 0 spiro atoms. The molecule has 0 aliphatic heterocycles. The minimum atomic E-state index is 0.454. The molecule has 5 rings (SSSR count). The number of hydrogen-bond acceptors (Lipinski definition) is 4. The van der Waals surface area contributed by atoms with Crippen LogP contribution in [0.3, 0.4) is 0 Å². The topological polar surface area (TPSA) is 47.0 Å². The molecule has 0 atom stereocenters. The smallest absolute Gasteiger partial charge is 0.221 e. The summed E-state index contributed by atoms with van der Waals surface area (Å²) in [6, 6.07) is 32.4. The van der Waals surface area contributed by atoms with E-state index in [0.717, 1.165) is 39.0 Å². The number of hydrogen-bond donors (Lipinski definition) is 1. The van der Waals surface area contributed by atoms with Gasteiger partial charge in [0.2, 0.25) is 5.88 Å². The van der Waals surface area contributed by atoms with Gasteiger partial charge in [-0.1, -0.05) is 66.7 Å². The van der Waals surface area contributed by atoms with Crippen molar-refractivity contribution in [3.8, 4) is 17.0 Å². The van der Waals surface area contributed by atoms with Crippen molar-refractivity contribution in [2.24, 2.45) is 0 Å². The van der Waals surface area contributed by atoms with E-state index in [0.29, 0.717) is 12.5 Å². The number of nitrogens with zero attached hydrogens (tertiary/aromatic N) is 2. The van der Waals surface area contributed by atoms with E-state index in [1.54, 1.807) is 6.20 Å². The minimum absolute atomic E-state index is 0.454. The number of rotatable bonds is 6. The molecule has 0 amide bonds. The SMILES string of the molecule is c1ccc(COc2ncc(Nc3ccccc3)cc2-c2ccnc3ccccc23)cc1. The maximum absolute atomic E-state index is 6.17. The van der Waals surface area contributed by atoms with Crippen LogP contribution in [0.2, 0.25) is 0 Å². The molecule has 0 fully saturated rings. The van der Waals surface area contributed by atoms with Gasteiger partial charge < -0.3 is 10.1 Å². The zero-order valence-corrected chi connectivity index (χ0v) is 16.9. The van der Waals surface area contributed by atoms with Gasteiger partial charge >= 0.3 is 0 Å². The van der Waals surface area contributed by atoms with Crippen molar-refractivity contribution in [2.45, 2.75) is 6.61 Å². The molecule has 4 nitrogen and oxygen atoms in total. The quantitative estimate of drug-likeness (QED) is 0.346. The van der Waals surface area contributed by atoms with Crippen molar-refractivity contribution in [3.63, 3.8) is 0 Å². The highest BCUT2D eigenvalue weighted by atomic mass is 16.5. The Labute approximate surface area is 181 Å². The monoisotopic (exact) mass is 403 g/mol. The lowest BCUT2D eigenvalue weighted by atomic mass is 10.0. The molecule has 0 radical (unpaired) electrons. The van der Waals surface area contributed by atoms with E-state index in [1.807, 2.05) is 91.1 Å². The molecule has 0 saturated carbocycles. The van der Waals surface area contributed by atoms with Crippen LogP contribution < -0.4 is 10.1 Å². The van der Waals surface area contributed by atoms with Crippen molar-refractivity contribution >= 4 is 22.3 Å². The van der Waals surface area contributed by atoms with Crippen molar-refractivity contribution < 1.29 is 4.74 Å². The number of fused-ring (bicyclic) bond motifs is 1. The van der Waals surface area contributed by atoms with Crippen LogP contribution in [-0.2, 0) is 6.61 Å². The van der Waals surface area contributed by atoms with Gasteiger partial charge in [0.15, 0.2) is 0 Å². The molecule has 0 unspecified atom stereocenters. The normalized spacial score (nSPS) is 10.7. The maximum atomic E-state index is 6.17. The Bertz CT molecular complexity index is 1300. The van der Waals surface area contributed by atoms with E-state index < -0.39 is 0 Å². The van der Waals surface area contributed by atoms with Gasteiger partial charge in [-0.15, -0.1) is 0 Å². The Kier molecular flexibility index (Phi) is 5.27. The van der Waals surface area contributed by atoms with Crippen LogP contribution in [0.25, 0.3) is 22.0 Å². The van der Waals surface area contributed by atoms with Gasteiger partial charge in [0.05, 0.1) is 17.4 Å². The molecule has 1 N–H and O–H groups in total. The maximum Gasteiger partial charge on any atom is 0.221 e. The summed E-state index contributed by atoms with van der Waals surface area (Å²) in [5.41, 5.74) is 5.91. The van der Waals surface area contributed by atoms with Gasteiger partial charge in [-0.3, -0.25) is 4.98 Å². The lowest BCUT2D eigenvalue weighted by molar-refractivity contribution is 0.295. The van der Waals surface area contributed by atoms with Gasteiger partial charge in [0.25, 0.3) is 0 Å². The minimum Gasteiger partial charge on any atom is -0.472 e. The largest absolute Gasteiger partial charge is 0.472 e. The van der Waals surface area contributed by atoms with Gasteiger partial charge in [-0.25, -0.2) is 4.98 Å². The molecular weight excluding hydrogens is 382 g/mol. The summed E-state index contributed by atoms with van der Waals surface area (Å²) in [6.07, 6.45) is 3.64. The molecule has 5 aromatic rings. The van der Waals surface area contributed by atoms with Crippen molar-refractivity contribution in [1.82, 2.24) is 9.97 Å². The summed E-state index contributed by atoms with van der Waals surface area (Å²) in [5.74, 6) is 0.596. The second kappa shape index (κ2) is 8.67. The Morgan fingerprint density at radius 3 is 2.26 bits per heavy atom. The van der Waals surface area contributed by atoms with Crippen LogP contribution in [0.1, 0.15) is 5.56 Å². The van der Waals surface area contributed by atoms with E-state index in [9.17, 15) is 0 Å². The molecule has 0 saturated heterocycles. The van der Waals surface area contributed by atoms with Crippen LogP contribution in [0.5, 0.6) is 5.88 Å². The molecule has 0 bridgehead atoms. The Balaban J connectivity index is 1.57. The molecule has 31 heavy (non-hydrogen) atoms. The summed E-state index contributed by atoms with van der Waals surface area (Å²) in [4.78, 5) is 9.17. The Hall–Kier alpha value is -4.18. The van der Waals surface area contributed by atoms with E-state index >= 15 is 0 Å². The summed E-state index contributed by atoms with van der Waals surface area (Å²) < 4.78 is 6.17. The third kappa shape index (κ3) is 4.23. The van der Waals surface area contributed by atoms with Gasteiger partial charge in [0, 0.05) is 22.8 Å². The number of nitrogens with one attached hydrogen (secondary N) is 1. The standard InChI is InChI=1S/C27H21N3O/c1-3-9-20(10-4-1)19-31-27-25(23-15-16-28-26-14-8-7-13-24(23)26)17-22(18-29-27)30-21-11-5-2-6-12-21/h1-18,30H,19H2. The molecule has 2 aromatic heterocycles. The number of pyridine rings is 2. The van der Waals surface area contributed by atoms with Crippen molar-refractivity contribution in [2.75, 3.05) is 5.32 Å². The lowest BCUT2D eigenvalue weighted by Crippen LogP contribution is -2.01. The molecule has 0 aliphatic carbocycles. The van der Waals surface area contributed by atoms with Crippen molar-refractivity contribution in [1.29, 1.82) is 0 Å². The fraction of sp³-hybridized carbons (Fsp3) is 0.0370. The summed E-state index contributed by atoms with van der Waals surface area (Å²) in [7, 11) is 0. The highest BCUT2D eigenvalue weighted by Gasteiger charge is 2.13. The molecule has 4 heteroatoms. The van der Waals surface area contributed by atoms with E-state index in [1.165, 1.54) is 0 Å². The predicted molar refractivity (Wildman–Crippen MR) is 125 cm³/mol. The van der Waals surface area contributed by atoms with Crippen LogP contribution in [0.4, 0.5) is 11.4 Å². The van der Waals surface area contributed by atoms with E-state index in [-0.39, 0.29) is 0 Å². The fourth-order valence-corrected chi connectivity index (χ4v) is 3.57. The average molecular weight is 403 g/mol. The first-order valence-electron chi connectivity index (χ1n) is 10.2. The second-order valence-corrected chi connectivity index (χ2v) is 7.22. The van der Waals surface area contributed by atoms with Crippen LogP contribution in [-0.4, -0.2) is 9.97 Å².